The number of anilines is 1. The Morgan fingerprint density at radius 2 is 2.16 bits per heavy atom. The quantitative estimate of drug-likeness (QED) is 0.909. The van der Waals surface area contributed by atoms with Crippen LogP contribution in [0.25, 0.3) is 0 Å². The van der Waals surface area contributed by atoms with Crippen molar-refractivity contribution in [1.82, 2.24) is 10.3 Å². The zero-order chi connectivity index (χ0) is 13.8. The molecule has 0 saturated heterocycles. The summed E-state index contributed by atoms with van der Waals surface area (Å²) in [7, 11) is 1.96. The molecule has 100 valence electrons. The van der Waals surface area contributed by atoms with Crippen LogP contribution in [-0.4, -0.2) is 12.0 Å². The second kappa shape index (κ2) is 6.17. The Hall–Kier alpha value is -1.39. The van der Waals surface area contributed by atoms with Gasteiger partial charge in [-0.05, 0) is 49.2 Å². The Balaban J connectivity index is 2.28. The first kappa shape index (κ1) is 14.0. The summed E-state index contributed by atoms with van der Waals surface area (Å²) in [6, 6.07) is 10.6. The van der Waals surface area contributed by atoms with Crippen LogP contribution >= 0.6 is 15.9 Å². The van der Waals surface area contributed by atoms with Crippen LogP contribution in [0.2, 0.25) is 0 Å². The molecule has 1 atom stereocenters. The highest BCUT2D eigenvalue weighted by molar-refractivity contribution is 9.10. The first-order chi connectivity index (χ1) is 9.11. The first-order valence-corrected chi connectivity index (χ1v) is 7.03. The smallest absolute Gasteiger partial charge is 0.126 e. The highest BCUT2D eigenvalue weighted by Gasteiger charge is 2.14. The second-order valence-electron chi connectivity index (χ2n) is 4.62. The van der Waals surface area contributed by atoms with Crippen molar-refractivity contribution < 1.29 is 0 Å². The maximum absolute atomic E-state index is 5.91. The number of nitrogens with zero attached hydrogens (tertiary/aromatic N) is 1. The lowest BCUT2D eigenvalue weighted by Crippen LogP contribution is -2.20. The van der Waals surface area contributed by atoms with E-state index in [0.717, 1.165) is 16.5 Å². The Labute approximate surface area is 122 Å². The molecule has 19 heavy (non-hydrogen) atoms. The largest absolute Gasteiger partial charge is 0.383 e. The van der Waals surface area contributed by atoms with Crippen LogP contribution < -0.4 is 11.1 Å². The van der Waals surface area contributed by atoms with Gasteiger partial charge in [-0.25, -0.2) is 4.98 Å². The zero-order valence-corrected chi connectivity index (χ0v) is 12.7. The van der Waals surface area contributed by atoms with E-state index in [1.165, 1.54) is 11.1 Å². The minimum absolute atomic E-state index is 0.210. The van der Waals surface area contributed by atoms with Crippen LogP contribution in [0.3, 0.4) is 0 Å². The summed E-state index contributed by atoms with van der Waals surface area (Å²) in [5.74, 6) is 0.603. The number of nitrogen functional groups attached to an aromatic ring is 1. The van der Waals surface area contributed by atoms with E-state index < -0.39 is 0 Å². The zero-order valence-electron chi connectivity index (χ0n) is 11.2. The van der Waals surface area contributed by atoms with Crippen molar-refractivity contribution in [3.05, 3.63) is 57.7 Å². The van der Waals surface area contributed by atoms with E-state index in [-0.39, 0.29) is 6.04 Å². The van der Waals surface area contributed by atoms with Gasteiger partial charge in [0.25, 0.3) is 0 Å². The average Bonchev–Trinajstić information content (AvgIpc) is 2.39. The number of aromatic nitrogens is 1. The van der Waals surface area contributed by atoms with E-state index in [1.807, 2.05) is 19.2 Å². The molecule has 2 aromatic rings. The van der Waals surface area contributed by atoms with Gasteiger partial charge >= 0.3 is 0 Å². The summed E-state index contributed by atoms with van der Waals surface area (Å²) < 4.78 is 1.12. The van der Waals surface area contributed by atoms with Crippen LogP contribution in [0.1, 0.15) is 22.7 Å². The number of benzene rings is 1. The van der Waals surface area contributed by atoms with E-state index in [9.17, 15) is 0 Å². The summed E-state index contributed by atoms with van der Waals surface area (Å²) >= 11 is 3.63. The molecule has 3 nitrogen and oxygen atoms in total. The average molecular weight is 320 g/mol. The molecule has 0 bridgehead atoms. The molecular formula is C15H18BrN3. The number of rotatable bonds is 4. The third-order valence-corrected chi connectivity index (χ3v) is 3.92. The van der Waals surface area contributed by atoms with Gasteiger partial charge in [0.15, 0.2) is 0 Å². The van der Waals surface area contributed by atoms with Crippen LogP contribution in [0, 0.1) is 6.92 Å². The van der Waals surface area contributed by atoms with Gasteiger partial charge in [-0.1, -0.05) is 34.1 Å². The fraction of sp³-hybridized carbons (Fsp3) is 0.267. The lowest BCUT2D eigenvalue weighted by Gasteiger charge is -2.19. The lowest BCUT2D eigenvalue weighted by molar-refractivity contribution is 0.589. The molecule has 1 aromatic heterocycles. The maximum atomic E-state index is 5.91. The summed E-state index contributed by atoms with van der Waals surface area (Å²) in [5.41, 5.74) is 9.45. The molecule has 0 spiro atoms. The normalized spacial score (nSPS) is 12.4. The molecule has 0 fully saturated rings. The van der Waals surface area contributed by atoms with E-state index >= 15 is 0 Å². The third-order valence-electron chi connectivity index (χ3n) is 3.23. The van der Waals surface area contributed by atoms with Crippen molar-refractivity contribution in [3.63, 3.8) is 0 Å². The minimum Gasteiger partial charge on any atom is -0.383 e. The number of nitrogens with two attached hydrogens (primary N) is 1. The molecule has 1 unspecified atom stereocenters. The molecular weight excluding hydrogens is 302 g/mol. The monoisotopic (exact) mass is 319 g/mol. The first-order valence-electron chi connectivity index (χ1n) is 6.24. The molecule has 4 heteroatoms. The van der Waals surface area contributed by atoms with Gasteiger partial charge in [-0.15, -0.1) is 0 Å². The fourth-order valence-electron chi connectivity index (χ4n) is 2.13. The molecule has 1 heterocycles. The third kappa shape index (κ3) is 3.33. The molecule has 0 saturated carbocycles. The number of halogens is 1. The minimum atomic E-state index is 0.210. The Bertz CT molecular complexity index is 569. The number of hydrogen-bond donors (Lipinski definition) is 2. The molecule has 0 aliphatic heterocycles. The predicted molar refractivity (Wildman–Crippen MR) is 83.0 cm³/mol. The van der Waals surface area contributed by atoms with Gasteiger partial charge in [-0.3, -0.25) is 0 Å². The highest BCUT2D eigenvalue weighted by atomic mass is 79.9. The lowest BCUT2D eigenvalue weighted by atomic mass is 9.98. The van der Waals surface area contributed by atoms with E-state index in [1.54, 1.807) is 6.20 Å². The summed E-state index contributed by atoms with van der Waals surface area (Å²) in [6.45, 7) is 2.09. The Morgan fingerprint density at radius 3 is 2.79 bits per heavy atom. The highest BCUT2D eigenvalue weighted by Crippen LogP contribution is 2.27. The van der Waals surface area contributed by atoms with E-state index in [2.05, 4.69) is 51.4 Å². The molecule has 0 aliphatic carbocycles. The van der Waals surface area contributed by atoms with Gasteiger partial charge in [-0.2, -0.15) is 0 Å². The van der Waals surface area contributed by atoms with Gasteiger partial charge in [0.2, 0.25) is 0 Å². The second-order valence-corrected chi connectivity index (χ2v) is 5.47. The number of hydrogen-bond acceptors (Lipinski definition) is 3. The van der Waals surface area contributed by atoms with Crippen LogP contribution in [0.5, 0.6) is 0 Å². The van der Waals surface area contributed by atoms with Crippen molar-refractivity contribution in [2.75, 3.05) is 12.8 Å². The van der Waals surface area contributed by atoms with E-state index in [4.69, 9.17) is 5.73 Å². The van der Waals surface area contributed by atoms with Gasteiger partial charge < -0.3 is 11.1 Å². The van der Waals surface area contributed by atoms with Gasteiger partial charge in [0.05, 0.1) is 0 Å². The van der Waals surface area contributed by atoms with Crippen molar-refractivity contribution in [3.8, 4) is 0 Å². The topological polar surface area (TPSA) is 50.9 Å². The van der Waals surface area contributed by atoms with E-state index in [0.29, 0.717) is 5.82 Å². The molecule has 0 aliphatic rings. The summed E-state index contributed by atoms with van der Waals surface area (Å²) in [6.07, 6.45) is 2.53. The van der Waals surface area contributed by atoms with Crippen molar-refractivity contribution >= 4 is 21.7 Å². The SMILES string of the molecule is CNC(Cc1cccnc1N)c1ccc(C)cc1Br. The van der Waals surface area contributed by atoms with Gasteiger partial charge in [0, 0.05) is 16.7 Å². The fourth-order valence-corrected chi connectivity index (χ4v) is 2.90. The number of nitrogens with one attached hydrogen (secondary N) is 1. The number of aryl methyl sites for hydroxylation is 1. The molecule has 3 N–H and O–H groups in total. The van der Waals surface area contributed by atoms with Crippen molar-refractivity contribution in [1.29, 1.82) is 0 Å². The van der Waals surface area contributed by atoms with Crippen molar-refractivity contribution in [2.45, 2.75) is 19.4 Å². The molecule has 0 radical (unpaired) electrons. The molecule has 1 aromatic carbocycles. The van der Waals surface area contributed by atoms with Crippen LogP contribution in [-0.2, 0) is 6.42 Å². The van der Waals surface area contributed by atoms with Gasteiger partial charge in [0.1, 0.15) is 5.82 Å². The standard InChI is InChI=1S/C15H18BrN3/c1-10-5-6-12(13(16)8-10)14(18-2)9-11-4-3-7-19-15(11)17/h3-8,14,18H,9H2,1-2H3,(H2,17,19). The Kier molecular flexibility index (Phi) is 4.56. The van der Waals surface area contributed by atoms with Crippen LogP contribution in [0.4, 0.5) is 5.82 Å². The predicted octanol–water partition coefficient (Wildman–Crippen LogP) is 3.24. The number of likely N-dealkylation sites (N-methyl/N-ethyl adjacent to an activating group) is 1. The maximum Gasteiger partial charge on any atom is 0.126 e. The van der Waals surface area contributed by atoms with Crippen molar-refractivity contribution in [2.24, 2.45) is 0 Å². The summed E-state index contributed by atoms with van der Waals surface area (Å²) in [4.78, 5) is 4.13. The number of pyridine rings is 1. The molecule has 2 rings (SSSR count). The molecule has 0 amide bonds. The van der Waals surface area contributed by atoms with Crippen LogP contribution in [0.15, 0.2) is 41.0 Å². The Morgan fingerprint density at radius 1 is 1.37 bits per heavy atom. The summed E-state index contributed by atoms with van der Waals surface area (Å²) in [5, 5.41) is 3.34.